The molecule has 0 aliphatic carbocycles. The van der Waals surface area contributed by atoms with E-state index in [1.807, 2.05) is 0 Å². The highest BCUT2D eigenvalue weighted by Gasteiger charge is 2.34. The van der Waals surface area contributed by atoms with Gasteiger partial charge in [-0.15, -0.1) is 0 Å². The zero-order chi connectivity index (χ0) is 15.5. The third-order valence-corrected chi connectivity index (χ3v) is 2.83. The van der Waals surface area contributed by atoms with Gasteiger partial charge in [0.25, 0.3) is 0 Å². The van der Waals surface area contributed by atoms with Crippen molar-refractivity contribution in [1.29, 1.82) is 0 Å². The Morgan fingerprint density at radius 3 is 2.38 bits per heavy atom. The standard InChI is InChI=1S/C14H10F4N2O/c15-10-5-3-9(4-6-10)12(20-21)8-13-11(14(16,17)18)2-1-7-19-13/h1-7,21H,8H2/b20-12-. The van der Waals surface area contributed by atoms with E-state index in [0.29, 0.717) is 5.56 Å². The van der Waals surface area contributed by atoms with Crippen molar-refractivity contribution >= 4 is 5.71 Å². The fourth-order valence-electron chi connectivity index (χ4n) is 1.83. The number of hydrogen-bond donors (Lipinski definition) is 1. The second-order valence-corrected chi connectivity index (χ2v) is 4.23. The number of benzene rings is 1. The highest BCUT2D eigenvalue weighted by atomic mass is 19.4. The summed E-state index contributed by atoms with van der Waals surface area (Å²) in [5, 5.41) is 12.0. The van der Waals surface area contributed by atoms with Crippen molar-refractivity contribution in [3.05, 3.63) is 65.2 Å². The molecular formula is C14H10F4N2O. The maximum Gasteiger partial charge on any atom is 0.418 e. The summed E-state index contributed by atoms with van der Waals surface area (Å²) in [4.78, 5) is 3.69. The lowest BCUT2D eigenvalue weighted by Gasteiger charge is -2.12. The molecule has 0 saturated carbocycles. The molecule has 0 saturated heterocycles. The lowest BCUT2D eigenvalue weighted by Crippen LogP contribution is -2.15. The number of nitrogens with zero attached hydrogens (tertiary/aromatic N) is 2. The Balaban J connectivity index is 2.34. The van der Waals surface area contributed by atoms with Gasteiger partial charge in [-0.2, -0.15) is 13.2 Å². The van der Waals surface area contributed by atoms with Crippen molar-refractivity contribution in [2.75, 3.05) is 0 Å². The van der Waals surface area contributed by atoms with Crippen LogP contribution in [0, 0.1) is 5.82 Å². The van der Waals surface area contributed by atoms with E-state index in [9.17, 15) is 17.6 Å². The van der Waals surface area contributed by atoms with Gasteiger partial charge in [0.15, 0.2) is 0 Å². The zero-order valence-corrected chi connectivity index (χ0v) is 10.6. The number of halogens is 4. The average molecular weight is 298 g/mol. The van der Waals surface area contributed by atoms with E-state index < -0.39 is 17.6 Å². The number of oxime groups is 1. The molecule has 21 heavy (non-hydrogen) atoms. The number of rotatable bonds is 3. The van der Waals surface area contributed by atoms with Gasteiger partial charge in [0.2, 0.25) is 0 Å². The van der Waals surface area contributed by atoms with Gasteiger partial charge < -0.3 is 5.21 Å². The molecule has 110 valence electrons. The maximum absolute atomic E-state index is 12.9. The van der Waals surface area contributed by atoms with Gasteiger partial charge in [-0.05, 0) is 29.8 Å². The largest absolute Gasteiger partial charge is 0.418 e. The van der Waals surface area contributed by atoms with Crippen molar-refractivity contribution in [1.82, 2.24) is 4.98 Å². The molecule has 0 unspecified atom stereocenters. The van der Waals surface area contributed by atoms with E-state index in [1.165, 1.54) is 24.4 Å². The van der Waals surface area contributed by atoms with Crippen LogP contribution >= 0.6 is 0 Å². The Morgan fingerprint density at radius 2 is 1.81 bits per heavy atom. The summed E-state index contributed by atoms with van der Waals surface area (Å²) < 4.78 is 51.4. The minimum Gasteiger partial charge on any atom is -0.411 e. The number of aromatic nitrogens is 1. The molecule has 2 rings (SSSR count). The predicted octanol–water partition coefficient (Wildman–Crippen LogP) is 3.66. The third-order valence-electron chi connectivity index (χ3n) is 2.83. The SMILES string of the molecule is O/N=C(/Cc1ncccc1C(F)(F)F)c1ccc(F)cc1. The van der Waals surface area contributed by atoms with E-state index in [1.54, 1.807) is 0 Å². The van der Waals surface area contributed by atoms with Crippen molar-refractivity contribution in [2.45, 2.75) is 12.6 Å². The van der Waals surface area contributed by atoms with E-state index in [-0.39, 0.29) is 17.8 Å². The monoisotopic (exact) mass is 298 g/mol. The molecular weight excluding hydrogens is 288 g/mol. The first kappa shape index (κ1) is 15.0. The van der Waals surface area contributed by atoms with Crippen LogP contribution in [0.1, 0.15) is 16.8 Å². The van der Waals surface area contributed by atoms with Gasteiger partial charge >= 0.3 is 6.18 Å². The molecule has 1 N–H and O–H groups in total. The Morgan fingerprint density at radius 1 is 1.14 bits per heavy atom. The number of pyridine rings is 1. The fourth-order valence-corrected chi connectivity index (χ4v) is 1.83. The first-order valence-corrected chi connectivity index (χ1v) is 5.90. The van der Waals surface area contributed by atoms with Gasteiger partial charge in [0.05, 0.1) is 17.0 Å². The molecule has 0 amide bonds. The lowest BCUT2D eigenvalue weighted by molar-refractivity contribution is -0.138. The van der Waals surface area contributed by atoms with Crippen LogP contribution in [0.4, 0.5) is 17.6 Å². The van der Waals surface area contributed by atoms with E-state index in [2.05, 4.69) is 10.1 Å². The van der Waals surface area contributed by atoms with Crippen LogP contribution in [0.5, 0.6) is 0 Å². The molecule has 0 spiro atoms. The number of alkyl halides is 3. The minimum absolute atomic E-state index is 0.0285. The first-order chi connectivity index (χ1) is 9.91. The first-order valence-electron chi connectivity index (χ1n) is 5.90. The summed E-state index contributed by atoms with van der Waals surface area (Å²) in [5.74, 6) is -0.496. The van der Waals surface area contributed by atoms with Crippen LogP contribution in [0.15, 0.2) is 47.8 Å². The molecule has 0 bridgehead atoms. The zero-order valence-electron chi connectivity index (χ0n) is 10.6. The molecule has 2 aromatic rings. The van der Waals surface area contributed by atoms with Crippen molar-refractivity contribution in [2.24, 2.45) is 5.16 Å². The lowest BCUT2D eigenvalue weighted by atomic mass is 10.0. The van der Waals surface area contributed by atoms with Crippen LogP contribution in [0.25, 0.3) is 0 Å². The number of hydrogen-bond acceptors (Lipinski definition) is 3. The van der Waals surface area contributed by atoms with Crippen LogP contribution < -0.4 is 0 Å². The Bertz CT molecular complexity index is 651. The van der Waals surface area contributed by atoms with E-state index in [0.717, 1.165) is 18.2 Å². The third kappa shape index (κ3) is 3.56. The minimum atomic E-state index is -4.55. The molecule has 1 heterocycles. The summed E-state index contributed by atoms with van der Waals surface area (Å²) in [5.41, 5.74) is -0.868. The van der Waals surface area contributed by atoms with Gasteiger partial charge in [-0.25, -0.2) is 4.39 Å². The highest BCUT2D eigenvalue weighted by Crippen LogP contribution is 2.31. The molecule has 0 atom stereocenters. The van der Waals surface area contributed by atoms with Gasteiger partial charge in [-0.3, -0.25) is 4.98 Å². The second kappa shape index (κ2) is 5.90. The topological polar surface area (TPSA) is 45.5 Å². The van der Waals surface area contributed by atoms with E-state index in [4.69, 9.17) is 5.21 Å². The highest BCUT2D eigenvalue weighted by molar-refractivity contribution is 6.01. The van der Waals surface area contributed by atoms with Crippen LogP contribution in [0.3, 0.4) is 0 Å². The second-order valence-electron chi connectivity index (χ2n) is 4.23. The van der Waals surface area contributed by atoms with Crippen molar-refractivity contribution < 1.29 is 22.8 Å². The average Bonchev–Trinajstić information content (AvgIpc) is 2.45. The van der Waals surface area contributed by atoms with Gasteiger partial charge in [0, 0.05) is 12.6 Å². The van der Waals surface area contributed by atoms with Crippen molar-refractivity contribution in [3.8, 4) is 0 Å². The summed E-state index contributed by atoms with van der Waals surface area (Å²) in [6, 6.07) is 6.98. The summed E-state index contributed by atoms with van der Waals surface area (Å²) in [7, 11) is 0. The Kier molecular flexibility index (Phi) is 4.21. The summed E-state index contributed by atoms with van der Waals surface area (Å²) in [6.07, 6.45) is -3.64. The molecule has 1 aromatic carbocycles. The van der Waals surface area contributed by atoms with Crippen LogP contribution in [-0.4, -0.2) is 15.9 Å². The molecule has 0 aliphatic rings. The molecule has 0 radical (unpaired) electrons. The van der Waals surface area contributed by atoms with Gasteiger partial charge in [0.1, 0.15) is 5.82 Å². The van der Waals surface area contributed by atoms with Crippen LogP contribution in [0.2, 0.25) is 0 Å². The molecule has 0 fully saturated rings. The summed E-state index contributed by atoms with van der Waals surface area (Å²) in [6.45, 7) is 0. The predicted molar refractivity (Wildman–Crippen MR) is 67.7 cm³/mol. The summed E-state index contributed by atoms with van der Waals surface area (Å²) >= 11 is 0. The molecule has 0 aliphatic heterocycles. The quantitative estimate of drug-likeness (QED) is 0.407. The van der Waals surface area contributed by atoms with Gasteiger partial charge in [-0.1, -0.05) is 17.3 Å². The molecule has 3 nitrogen and oxygen atoms in total. The maximum atomic E-state index is 12.9. The van der Waals surface area contributed by atoms with E-state index >= 15 is 0 Å². The molecule has 1 aromatic heterocycles. The smallest absolute Gasteiger partial charge is 0.411 e. The Labute approximate surface area is 117 Å². The fraction of sp³-hybridized carbons (Fsp3) is 0.143. The normalized spacial score (nSPS) is 12.5. The van der Waals surface area contributed by atoms with Crippen LogP contribution in [-0.2, 0) is 12.6 Å². The Hall–Kier alpha value is -2.44. The molecule has 7 heteroatoms. The van der Waals surface area contributed by atoms with Crippen molar-refractivity contribution in [3.63, 3.8) is 0 Å².